The molecule has 0 atom stereocenters. The van der Waals surface area contributed by atoms with E-state index in [2.05, 4.69) is 15.2 Å². The monoisotopic (exact) mass is 410 g/mol. The fraction of sp³-hybridized carbons (Fsp3) is 0.435. The molecule has 2 fully saturated rings. The van der Waals surface area contributed by atoms with Gasteiger partial charge in [-0.3, -0.25) is 9.59 Å². The maximum Gasteiger partial charge on any atom is 0.254 e. The zero-order chi connectivity index (χ0) is 20.9. The summed E-state index contributed by atoms with van der Waals surface area (Å²) >= 11 is 0. The summed E-state index contributed by atoms with van der Waals surface area (Å²) in [5.74, 6) is 0.407. The zero-order valence-corrected chi connectivity index (χ0v) is 17.0. The molecule has 3 heterocycles. The molecule has 1 N–H and O–H groups in total. The number of likely N-dealkylation sites (tertiary alicyclic amines) is 1. The van der Waals surface area contributed by atoms with Crippen LogP contribution >= 0.6 is 0 Å². The average molecular weight is 410 g/mol. The second kappa shape index (κ2) is 9.24. The highest BCUT2D eigenvalue weighted by atomic mass is 19.1. The molecule has 0 aliphatic carbocycles. The number of piperidine rings is 2. The molecule has 2 aliphatic rings. The molecule has 4 rings (SSSR count). The maximum absolute atomic E-state index is 13.0. The van der Waals surface area contributed by atoms with E-state index in [1.165, 1.54) is 18.6 Å². The molecular formula is C23H27FN4O2. The van der Waals surface area contributed by atoms with E-state index in [-0.39, 0.29) is 23.5 Å². The molecule has 1 aromatic heterocycles. The number of nitrogens with one attached hydrogen (secondary N) is 1. The number of hydrogen-bond donors (Lipinski definition) is 1. The van der Waals surface area contributed by atoms with Crippen LogP contribution in [0.2, 0.25) is 0 Å². The molecule has 0 bridgehead atoms. The number of benzene rings is 1. The largest absolute Gasteiger partial charge is 0.357 e. The molecule has 0 unspecified atom stereocenters. The van der Waals surface area contributed by atoms with Crippen molar-refractivity contribution in [2.75, 3.05) is 36.4 Å². The van der Waals surface area contributed by atoms with Gasteiger partial charge in [0.05, 0.1) is 0 Å². The Hall–Kier alpha value is -2.96. The minimum absolute atomic E-state index is 0.0387. The fourth-order valence-corrected chi connectivity index (χ4v) is 4.15. The third kappa shape index (κ3) is 4.78. The Labute approximate surface area is 176 Å². The number of rotatable bonds is 4. The SMILES string of the molecule is O=C(Nc1ccc(F)cc1)C1CCN(c2cc(C(=O)N3CCCCC3)ccn2)CC1. The number of nitrogens with zero attached hydrogens (tertiary/aromatic N) is 3. The third-order valence-corrected chi connectivity index (χ3v) is 5.94. The van der Waals surface area contributed by atoms with E-state index in [9.17, 15) is 14.0 Å². The van der Waals surface area contributed by atoms with Gasteiger partial charge in [0.25, 0.3) is 5.91 Å². The minimum Gasteiger partial charge on any atom is -0.357 e. The van der Waals surface area contributed by atoms with Gasteiger partial charge < -0.3 is 15.1 Å². The van der Waals surface area contributed by atoms with Gasteiger partial charge in [0.1, 0.15) is 11.6 Å². The quantitative estimate of drug-likeness (QED) is 0.835. The van der Waals surface area contributed by atoms with Crippen molar-refractivity contribution in [2.24, 2.45) is 5.92 Å². The van der Waals surface area contributed by atoms with Gasteiger partial charge in [0.2, 0.25) is 5.91 Å². The van der Waals surface area contributed by atoms with Crippen LogP contribution < -0.4 is 10.2 Å². The highest BCUT2D eigenvalue weighted by Gasteiger charge is 2.26. The van der Waals surface area contributed by atoms with Crippen molar-refractivity contribution in [1.82, 2.24) is 9.88 Å². The second-order valence-corrected chi connectivity index (χ2v) is 8.01. The number of halogens is 1. The van der Waals surface area contributed by atoms with Crippen molar-refractivity contribution in [3.05, 3.63) is 54.0 Å². The standard InChI is InChI=1S/C23H27FN4O2/c24-19-4-6-20(7-5-19)26-22(29)17-9-14-27(15-10-17)21-16-18(8-11-25-21)23(30)28-12-2-1-3-13-28/h4-8,11,16-17H,1-3,9-10,12-15H2,(H,26,29). The van der Waals surface area contributed by atoms with Gasteiger partial charge >= 0.3 is 0 Å². The predicted molar refractivity (Wildman–Crippen MR) is 114 cm³/mol. The van der Waals surface area contributed by atoms with Crippen molar-refractivity contribution < 1.29 is 14.0 Å². The summed E-state index contributed by atoms with van der Waals surface area (Å²) < 4.78 is 13.0. The number of amides is 2. The summed E-state index contributed by atoms with van der Waals surface area (Å²) in [6.45, 7) is 3.06. The summed E-state index contributed by atoms with van der Waals surface area (Å²) in [7, 11) is 0. The Bertz CT molecular complexity index is 888. The topological polar surface area (TPSA) is 65.5 Å². The van der Waals surface area contributed by atoms with Crippen LogP contribution in [0, 0.1) is 11.7 Å². The van der Waals surface area contributed by atoms with Gasteiger partial charge in [-0.15, -0.1) is 0 Å². The van der Waals surface area contributed by atoms with Gasteiger partial charge in [0.15, 0.2) is 0 Å². The first-order chi connectivity index (χ1) is 14.6. The highest BCUT2D eigenvalue weighted by molar-refractivity contribution is 5.95. The molecule has 7 heteroatoms. The van der Waals surface area contributed by atoms with Crippen molar-refractivity contribution >= 4 is 23.3 Å². The van der Waals surface area contributed by atoms with Crippen LogP contribution in [-0.4, -0.2) is 47.9 Å². The lowest BCUT2D eigenvalue weighted by molar-refractivity contribution is -0.120. The normalized spacial score (nSPS) is 17.6. The van der Waals surface area contributed by atoms with E-state index in [1.54, 1.807) is 24.4 Å². The van der Waals surface area contributed by atoms with Crippen LogP contribution in [0.15, 0.2) is 42.6 Å². The molecule has 30 heavy (non-hydrogen) atoms. The first-order valence-corrected chi connectivity index (χ1v) is 10.7. The van der Waals surface area contributed by atoms with Crippen LogP contribution in [0.3, 0.4) is 0 Å². The Morgan fingerprint density at radius 2 is 1.67 bits per heavy atom. The zero-order valence-electron chi connectivity index (χ0n) is 17.0. The molecule has 0 radical (unpaired) electrons. The number of anilines is 2. The smallest absolute Gasteiger partial charge is 0.254 e. The minimum atomic E-state index is -0.324. The van der Waals surface area contributed by atoms with E-state index in [1.807, 2.05) is 11.0 Å². The van der Waals surface area contributed by atoms with Crippen LogP contribution in [-0.2, 0) is 4.79 Å². The van der Waals surface area contributed by atoms with Gasteiger partial charge in [-0.2, -0.15) is 0 Å². The molecule has 2 aliphatic heterocycles. The summed E-state index contributed by atoms with van der Waals surface area (Å²) in [4.78, 5) is 33.8. The lowest BCUT2D eigenvalue weighted by Crippen LogP contribution is -2.39. The Morgan fingerprint density at radius 3 is 2.37 bits per heavy atom. The Morgan fingerprint density at radius 1 is 0.967 bits per heavy atom. The van der Waals surface area contributed by atoms with Crippen molar-refractivity contribution in [3.63, 3.8) is 0 Å². The second-order valence-electron chi connectivity index (χ2n) is 8.01. The van der Waals surface area contributed by atoms with E-state index in [0.29, 0.717) is 37.2 Å². The number of aromatic nitrogens is 1. The van der Waals surface area contributed by atoms with E-state index in [0.717, 1.165) is 31.7 Å². The molecule has 0 spiro atoms. The molecule has 0 saturated carbocycles. The van der Waals surface area contributed by atoms with E-state index < -0.39 is 0 Å². The Balaban J connectivity index is 1.34. The summed E-state index contributed by atoms with van der Waals surface area (Å²) in [6, 6.07) is 9.46. The van der Waals surface area contributed by atoms with Crippen LogP contribution in [0.5, 0.6) is 0 Å². The van der Waals surface area contributed by atoms with E-state index in [4.69, 9.17) is 0 Å². The summed E-state index contributed by atoms with van der Waals surface area (Å²) in [5, 5.41) is 2.86. The molecule has 158 valence electrons. The molecule has 6 nitrogen and oxygen atoms in total. The highest BCUT2D eigenvalue weighted by Crippen LogP contribution is 2.24. The average Bonchev–Trinajstić information content (AvgIpc) is 2.81. The molecule has 2 saturated heterocycles. The van der Waals surface area contributed by atoms with Crippen molar-refractivity contribution in [3.8, 4) is 0 Å². The molecule has 1 aromatic carbocycles. The number of hydrogen-bond acceptors (Lipinski definition) is 4. The van der Waals surface area contributed by atoms with Gasteiger partial charge in [-0.25, -0.2) is 9.37 Å². The van der Waals surface area contributed by atoms with Gasteiger partial charge in [-0.05, 0) is 68.5 Å². The van der Waals surface area contributed by atoms with Crippen LogP contribution in [0.25, 0.3) is 0 Å². The fourth-order valence-electron chi connectivity index (χ4n) is 4.15. The first kappa shape index (κ1) is 20.3. The summed E-state index contributed by atoms with van der Waals surface area (Å²) in [6.07, 6.45) is 6.43. The lowest BCUT2D eigenvalue weighted by atomic mass is 9.95. The molecule has 2 amide bonds. The van der Waals surface area contributed by atoms with Crippen molar-refractivity contribution in [1.29, 1.82) is 0 Å². The van der Waals surface area contributed by atoms with Crippen LogP contribution in [0.1, 0.15) is 42.5 Å². The summed E-state index contributed by atoms with van der Waals surface area (Å²) in [5.41, 5.74) is 1.28. The molecule has 2 aromatic rings. The maximum atomic E-state index is 13.0. The molecular weight excluding hydrogens is 383 g/mol. The Kier molecular flexibility index (Phi) is 6.26. The number of pyridine rings is 1. The third-order valence-electron chi connectivity index (χ3n) is 5.94. The lowest BCUT2D eigenvalue weighted by Gasteiger charge is -2.32. The predicted octanol–water partition coefficient (Wildman–Crippen LogP) is 3.70. The number of carbonyl (C=O) groups is 2. The van der Waals surface area contributed by atoms with Gasteiger partial charge in [-0.1, -0.05) is 0 Å². The van der Waals surface area contributed by atoms with E-state index >= 15 is 0 Å². The van der Waals surface area contributed by atoms with Crippen molar-refractivity contribution in [2.45, 2.75) is 32.1 Å². The number of carbonyl (C=O) groups excluding carboxylic acids is 2. The van der Waals surface area contributed by atoms with Gasteiger partial charge in [0, 0.05) is 49.5 Å². The van der Waals surface area contributed by atoms with Crippen LogP contribution in [0.4, 0.5) is 15.9 Å². The first-order valence-electron chi connectivity index (χ1n) is 10.7.